The molecular weight excluding hydrogens is 399 g/mol. The van der Waals surface area contributed by atoms with Crippen LogP contribution in [0.25, 0.3) is 11.4 Å². The third-order valence-corrected chi connectivity index (χ3v) is 4.97. The maximum Gasteiger partial charge on any atom is 0.338 e. The Kier molecular flexibility index (Phi) is 5.70. The predicted octanol–water partition coefficient (Wildman–Crippen LogP) is 4.33. The second-order valence-electron chi connectivity index (χ2n) is 6.97. The van der Waals surface area contributed by atoms with Crippen LogP contribution in [0.5, 0.6) is 5.75 Å². The van der Waals surface area contributed by atoms with Crippen LogP contribution < -0.4 is 10.1 Å². The molecule has 0 saturated heterocycles. The van der Waals surface area contributed by atoms with Crippen LogP contribution in [0.1, 0.15) is 32.4 Å². The summed E-state index contributed by atoms with van der Waals surface area (Å²) in [6.45, 7) is 6.26. The van der Waals surface area contributed by atoms with E-state index in [9.17, 15) is 9.18 Å². The lowest BCUT2D eigenvalue weighted by Gasteiger charge is -2.28. The summed E-state index contributed by atoms with van der Waals surface area (Å²) in [7, 11) is 0. The van der Waals surface area contributed by atoms with E-state index >= 15 is 0 Å². The zero-order valence-electron chi connectivity index (χ0n) is 17.6. The van der Waals surface area contributed by atoms with Gasteiger partial charge in [0.15, 0.2) is 5.82 Å². The van der Waals surface area contributed by atoms with E-state index in [1.54, 1.807) is 36.7 Å². The first-order valence-corrected chi connectivity index (χ1v) is 10.1. The molecule has 2 heterocycles. The highest BCUT2D eigenvalue weighted by Crippen LogP contribution is 2.37. The van der Waals surface area contributed by atoms with Gasteiger partial charge in [-0.05, 0) is 50.6 Å². The molecule has 4 rings (SSSR count). The number of fused-ring (bicyclic) bond motifs is 1. The van der Waals surface area contributed by atoms with Crippen molar-refractivity contribution in [3.8, 4) is 17.1 Å². The minimum Gasteiger partial charge on any atom is -0.494 e. The molecule has 2 aromatic carbocycles. The molecule has 1 aromatic heterocycles. The van der Waals surface area contributed by atoms with E-state index in [0.717, 1.165) is 11.3 Å². The SMILES string of the molecule is CCOC(=O)C1=C(C)Nc2nc(-c3ccccc3F)nn2C1c1ccc(OCC)cc1. The monoisotopic (exact) mass is 422 g/mol. The molecule has 3 aromatic rings. The van der Waals surface area contributed by atoms with Crippen LogP contribution in [0, 0.1) is 5.82 Å². The summed E-state index contributed by atoms with van der Waals surface area (Å²) < 4.78 is 26.8. The summed E-state index contributed by atoms with van der Waals surface area (Å²) in [6, 6.07) is 13.2. The Morgan fingerprint density at radius 2 is 1.87 bits per heavy atom. The molecule has 1 atom stereocenters. The van der Waals surface area contributed by atoms with Gasteiger partial charge in [0.1, 0.15) is 17.6 Å². The van der Waals surface area contributed by atoms with Crippen molar-refractivity contribution in [3.63, 3.8) is 0 Å². The predicted molar refractivity (Wildman–Crippen MR) is 114 cm³/mol. The molecule has 160 valence electrons. The zero-order chi connectivity index (χ0) is 22.0. The normalized spacial score (nSPS) is 15.3. The Bertz CT molecular complexity index is 1140. The van der Waals surface area contributed by atoms with Gasteiger partial charge in [-0.15, -0.1) is 5.10 Å². The summed E-state index contributed by atoms with van der Waals surface area (Å²) >= 11 is 0. The van der Waals surface area contributed by atoms with Crippen molar-refractivity contribution in [2.24, 2.45) is 0 Å². The van der Waals surface area contributed by atoms with Gasteiger partial charge in [-0.25, -0.2) is 13.9 Å². The summed E-state index contributed by atoms with van der Waals surface area (Å²) in [4.78, 5) is 17.3. The van der Waals surface area contributed by atoms with Gasteiger partial charge < -0.3 is 14.8 Å². The molecule has 1 aliphatic heterocycles. The average Bonchev–Trinajstić information content (AvgIpc) is 3.17. The molecule has 1 aliphatic rings. The molecule has 8 heteroatoms. The molecular formula is C23H23FN4O3. The lowest BCUT2D eigenvalue weighted by Crippen LogP contribution is -2.29. The second-order valence-corrected chi connectivity index (χ2v) is 6.97. The number of rotatable bonds is 6. The molecule has 31 heavy (non-hydrogen) atoms. The van der Waals surface area contributed by atoms with Crippen LogP contribution >= 0.6 is 0 Å². The third-order valence-electron chi connectivity index (χ3n) is 4.97. The lowest BCUT2D eigenvalue weighted by molar-refractivity contribution is -0.139. The smallest absolute Gasteiger partial charge is 0.338 e. The molecule has 7 nitrogen and oxygen atoms in total. The first-order valence-electron chi connectivity index (χ1n) is 10.1. The van der Waals surface area contributed by atoms with Crippen LogP contribution in [-0.2, 0) is 9.53 Å². The van der Waals surface area contributed by atoms with Gasteiger partial charge in [0.25, 0.3) is 0 Å². The highest BCUT2D eigenvalue weighted by molar-refractivity contribution is 5.92. The van der Waals surface area contributed by atoms with Crippen LogP contribution in [0.4, 0.5) is 10.3 Å². The van der Waals surface area contributed by atoms with Crippen molar-refractivity contribution in [2.75, 3.05) is 18.5 Å². The fraction of sp³-hybridized carbons (Fsp3) is 0.261. The summed E-state index contributed by atoms with van der Waals surface area (Å²) in [6.07, 6.45) is 0. The highest BCUT2D eigenvalue weighted by atomic mass is 19.1. The van der Waals surface area contributed by atoms with Gasteiger partial charge in [-0.1, -0.05) is 24.3 Å². The van der Waals surface area contributed by atoms with Crippen LogP contribution in [0.3, 0.4) is 0 Å². The number of carbonyl (C=O) groups is 1. The maximum atomic E-state index is 14.4. The molecule has 0 spiro atoms. The number of halogens is 1. The van der Waals surface area contributed by atoms with Crippen molar-refractivity contribution >= 4 is 11.9 Å². The van der Waals surface area contributed by atoms with Crippen LogP contribution in [-0.4, -0.2) is 33.9 Å². The number of anilines is 1. The van der Waals surface area contributed by atoms with E-state index in [0.29, 0.717) is 23.8 Å². The highest BCUT2D eigenvalue weighted by Gasteiger charge is 2.35. The Morgan fingerprint density at radius 1 is 1.13 bits per heavy atom. The molecule has 0 saturated carbocycles. The zero-order valence-corrected chi connectivity index (χ0v) is 17.6. The minimum absolute atomic E-state index is 0.231. The molecule has 1 unspecified atom stereocenters. The van der Waals surface area contributed by atoms with E-state index in [-0.39, 0.29) is 18.0 Å². The van der Waals surface area contributed by atoms with E-state index in [2.05, 4.69) is 15.4 Å². The Labute approximate surface area is 179 Å². The van der Waals surface area contributed by atoms with Gasteiger partial charge in [0.2, 0.25) is 5.95 Å². The summed E-state index contributed by atoms with van der Waals surface area (Å²) in [5.74, 6) is 0.514. The number of ether oxygens (including phenoxy) is 2. The van der Waals surface area contributed by atoms with Gasteiger partial charge in [-0.2, -0.15) is 4.98 Å². The Morgan fingerprint density at radius 3 is 2.55 bits per heavy atom. The Hall–Kier alpha value is -3.68. The number of hydrogen-bond acceptors (Lipinski definition) is 6. The van der Waals surface area contributed by atoms with E-state index in [4.69, 9.17) is 9.47 Å². The number of benzene rings is 2. The first kappa shape index (κ1) is 20.6. The largest absolute Gasteiger partial charge is 0.494 e. The minimum atomic E-state index is -0.584. The van der Waals surface area contributed by atoms with E-state index in [1.807, 2.05) is 31.2 Å². The average molecular weight is 422 g/mol. The van der Waals surface area contributed by atoms with Crippen molar-refractivity contribution in [1.82, 2.24) is 14.8 Å². The molecule has 0 fully saturated rings. The maximum absolute atomic E-state index is 14.4. The number of hydrogen-bond donors (Lipinski definition) is 1. The number of carbonyl (C=O) groups excluding carboxylic acids is 1. The van der Waals surface area contributed by atoms with Crippen LogP contribution in [0.15, 0.2) is 59.8 Å². The number of esters is 1. The van der Waals surface area contributed by atoms with Crippen molar-refractivity contribution in [3.05, 3.63) is 71.2 Å². The fourth-order valence-electron chi connectivity index (χ4n) is 3.60. The number of nitrogens with one attached hydrogen (secondary N) is 1. The van der Waals surface area contributed by atoms with Gasteiger partial charge in [-0.3, -0.25) is 0 Å². The standard InChI is InChI=1S/C23H23FN4O3/c1-4-30-16-12-10-15(11-13-16)20-19(22(29)31-5-2)14(3)25-23-26-21(27-28(20)23)17-8-6-7-9-18(17)24/h6-13,20H,4-5H2,1-3H3,(H,25,26,27). The first-order chi connectivity index (χ1) is 15.0. The molecule has 1 N–H and O–H groups in total. The molecule has 0 radical (unpaired) electrons. The van der Waals surface area contributed by atoms with Gasteiger partial charge in [0.05, 0.1) is 24.4 Å². The quantitative estimate of drug-likeness (QED) is 0.596. The number of nitrogens with zero attached hydrogens (tertiary/aromatic N) is 3. The van der Waals surface area contributed by atoms with Crippen LogP contribution in [0.2, 0.25) is 0 Å². The van der Waals surface area contributed by atoms with Crippen molar-refractivity contribution in [2.45, 2.75) is 26.8 Å². The van der Waals surface area contributed by atoms with Crippen molar-refractivity contribution < 1.29 is 18.7 Å². The summed E-state index contributed by atoms with van der Waals surface area (Å²) in [5, 5.41) is 7.67. The third kappa shape index (κ3) is 3.88. The van der Waals surface area contributed by atoms with E-state index < -0.39 is 17.8 Å². The molecule has 0 bridgehead atoms. The number of aromatic nitrogens is 3. The second kappa shape index (κ2) is 8.59. The van der Waals surface area contributed by atoms with Gasteiger partial charge >= 0.3 is 5.97 Å². The van der Waals surface area contributed by atoms with E-state index in [1.165, 1.54) is 6.07 Å². The van der Waals surface area contributed by atoms with Crippen molar-refractivity contribution in [1.29, 1.82) is 0 Å². The lowest BCUT2D eigenvalue weighted by atomic mass is 9.96. The fourth-order valence-corrected chi connectivity index (χ4v) is 3.60. The van der Waals surface area contributed by atoms with Gasteiger partial charge in [0, 0.05) is 5.70 Å². The molecule has 0 amide bonds. The Balaban J connectivity index is 1.84. The summed E-state index contributed by atoms with van der Waals surface area (Å²) in [5.41, 5.74) is 2.12. The number of allylic oxidation sites excluding steroid dienone is 1. The topological polar surface area (TPSA) is 78.3 Å². The molecule has 0 aliphatic carbocycles.